The first-order valence-electron chi connectivity index (χ1n) is 6.69. The molecule has 0 aliphatic heterocycles. The molecule has 19 heavy (non-hydrogen) atoms. The molecule has 1 aromatic carbocycles. The molecular weight excluding hydrogens is 239 g/mol. The maximum atomic E-state index is 13.9. The van der Waals surface area contributed by atoms with Crippen molar-refractivity contribution < 1.29 is 4.39 Å². The highest BCUT2D eigenvalue weighted by molar-refractivity contribution is 5.20. The second kappa shape index (κ2) is 7.00. The van der Waals surface area contributed by atoms with Gasteiger partial charge in [-0.2, -0.15) is 0 Å². The Morgan fingerprint density at radius 1 is 1.16 bits per heavy atom. The van der Waals surface area contributed by atoms with Crippen molar-refractivity contribution >= 4 is 0 Å². The van der Waals surface area contributed by atoms with Gasteiger partial charge in [0.2, 0.25) is 0 Å². The number of nitrogens with zero attached hydrogens (tertiary/aromatic N) is 1. The summed E-state index contributed by atoms with van der Waals surface area (Å²) in [7, 11) is 0. The molecule has 100 valence electrons. The average Bonchev–Trinajstić information content (AvgIpc) is 2.45. The number of rotatable bonds is 6. The van der Waals surface area contributed by atoms with Crippen LogP contribution >= 0.6 is 0 Å². The lowest BCUT2D eigenvalue weighted by Gasteiger charge is -2.18. The molecule has 2 nitrogen and oxygen atoms in total. The van der Waals surface area contributed by atoms with Gasteiger partial charge in [-0.1, -0.05) is 37.3 Å². The summed E-state index contributed by atoms with van der Waals surface area (Å²) in [4.78, 5) is 4.19. The van der Waals surface area contributed by atoms with Crippen LogP contribution in [0.3, 0.4) is 0 Å². The minimum atomic E-state index is -0.243. The van der Waals surface area contributed by atoms with Gasteiger partial charge in [0.1, 0.15) is 5.82 Å². The minimum absolute atomic E-state index is 0.0800. The largest absolute Gasteiger partial charge is 0.308 e. The van der Waals surface area contributed by atoms with E-state index in [1.165, 1.54) is 11.6 Å². The zero-order valence-electron chi connectivity index (χ0n) is 11.1. The minimum Gasteiger partial charge on any atom is -0.308 e. The molecule has 3 heteroatoms. The average molecular weight is 258 g/mol. The van der Waals surface area contributed by atoms with Crippen LogP contribution in [0.4, 0.5) is 4.39 Å². The van der Waals surface area contributed by atoms with E-state index in [2.05, 4.69) is 29.4 Å². The molecular formula is C16H19FN2. The Labute approximate surface area is 113 Å². The van der Waals surface area contributed by atoms with E-state index in [0.717, 1.165) is 19.4 Å². The lowest BCUT2D eigenvalue weighted by atomic mass is 10.0. The summed E-state index contributed by atoms with van der Waals surface area (Å²) in [5.41, 5.74) is 1.68. The quantitative estimate of drug-likeness (QED) is 0.857. The Bertz CT molecular complexity index is 499. The fourth-order valence-corrected chi connectivity index (χ4v) is 2.09. The number of pyridine rings is 1. The third-order valence-corrected chi connectivity index (χ3v) is 3.04. The standard InChI is InChI=1S/C16H19FN2/c1-2-10-18-15(12-13-7-4-3-5-8-13)16-14(17)9-6-11-19-16/h3-9,11,15,18H,2,10,12H2,1H3. The van der Waals surface area contributed by atoms with Crippen molar-refractivity contribution in [2.45, 2.75) is 25.8 Å². The molecule has 0 spiro atoms. The number of halogens is 1. The molecule has 1 aromatic heterocycles. The summed E-state index contributed by atoms with van der Waals surface area (Å²) >= 11 is 0. The molecule has 2 aromatic rings. The second-order valence-electron chi connectivity index (χ2n) is 4.57. The molecule has 1 atom stereocenters. The summed E-state index contributed by atoms with van der Waals surface area (Å²) in [6.07, 6.45) is 3.40. The number of hydrogen-bond donors (Lipinski definition) is 1. The summed E-state index contributed by atoms with van der Waals surface area (Å²) in [6.45, 7) is 2.95. The van der Waals surface area contributed by atoms with Gasteiger partial charge >= 0.3 is 0 Å². The Morgan fingerprint density at radius 3 is 2.63 bits per heavy atom. The Kier molecular flexibility index (Phi) is 5.04. The van der Waals surface area contributed by atoms with E-state index in [-0.39, 0.29) is 11.9 Å². The highest BCUT2D eigenvalue weighted by Crippen LogP contribution is 2.19. The van der Waals surface area contributed by atoms with Crippen LogP contribution in [0.1, 0.15) is 30.6 Å². The Balaban J connectivity index is 2.19. The lowest BCUT2D eigenvalue weighted by molar-refractivity contribution is 0.483. The highest BCUT2D eigenvalue weighted by Gasteiger charge is 2.16. The van der Waals surface area contributed by atoms with Crippen molar-refractivity contribution in [3.63, 3.8) is 0 Å². The topological polar surface area (TPSA) is 24.9 Å². The molecule has 0 bridgehead atoms. The fourth-order valence-electron chi connectivity index (χ4n) is 2.09. The zero-order valence-corrected chi connectivity index (χ0v) is 11.1. The number of hydrogen-bond acceptors (Lipinski definition) is 2. The fraction of sp³-hybridized carbons (Fsp3) is 0.312. The van der Waals surface area contributed by atoms with Crippen LogP contribution < -0.4 is 5.32 Å². The number of benzene rings is 1. The number of aromatic nitrogens is 1. The lowest BCUT2D eigenvalue weighted by Crippen LogP contribution is -2.26. The van der Waals surface area contributed by atoms with Crippen LogP contribution in [0, 0.1) is 5.82 Å². The Hall–Kier alpha value is -1.74. The normalized spacial score (nSPS) is 12.3. The van der Waals surface area contributed by atoms with Crippen LogP contribution in [0.2, 0.25) is 0 Å². The van der Waals surface area contributed by atoms with Gasteiger partial charge in [0.05, 0.1) is 11.7 Å². The highest BCUT2D eigenvalue weighted by atomic mass is 19.1. The molecule has 2 rings (SSSR count). The third kappa shape index (κ3) is 3.86. The van der Waals surface area contributed by atoms with E-state index < -0.39 is 0 Å². The predicted octanol–water partition coefficient (Wildman–Crippen LogP) is 3.50. The van der Waals surface area contributed by atoms with Crippen LogP contribution in [-0.4, -0.2) is 11.5 Å². The summed E-state index contributed by atoms with van der Waals surface area (Å²) in [6, 6.07) is 13.1. The summed E-state index contributed by atoms with van der Waals surface area (Å²) < 4.78 is 13.9. The van der Waals surface area contributed by atoms with Gasteiger partial charge in [-0.15, -0.1) is 0 Å². The molecule has 0 aliphatic rings. The van der Waals surface area contributed by atoms with E-state index in [0.29, 0.717) is 5.69 Å². The molecule has 1 unspecified atom stereocenters. The third-order valence-electron chi connectivity index (χ3n) is 3.04. The van der Waals surface area contributed by atoms with Crippen molar-refractivity contribution in [3.8, 4) is 0 Å². The van der Waals surface area contributed by atoms with Crippen molar-refractivity contribution in [1.29, 1.82) is 0 Å². The predicted molar refractivity (Wildman–Crippen MR) is 75.4 cm³/mol. The molecule has 0 radical (unpaired) electrons. The van der Waals surface area contributed by atoms with Gasteiger partial charge in [0, 0.05) is 6.20 Å². The van der Waals surface area contributed by atoms with E-state index in [1.54, 1.807) is 12.3 Å². The van der Waals surface area contributed by atoms with Gasteiger partial charge in [-0.25, -0.2) is 4.39 Å². The van der Waals surface area contributed by atoms with E-state index in [9.17, 15) is 4.39 Å². The summed E-state index contributed by atoms with van der Waals surface area (Å²) in [5.74, 6) is -0.243. The zero-order chi connectivity index (χ0) is 13.5. The molecule has 0 saturated heterocycles. The summed E-state index contributed by atoms with van der Waals surface area (Å²) in [5, 5.41) is 3.37. The van der Waals surface area contributed by atoms with Gasteiger partial charge in [0.15, 0.2) is 0 Å². The van der Waals surface area contributed by atoms with Crippen LogP contribution in [0.15, 0.2) is 48.7 Å². The maximum Gasteiger partial charge on any atom is 0.146 e. The van der Waals surface area contributed by atoms with E-state index in [4.69, 9.17) is 0 Å². The SMILES string of the molecule is CCCNC(Cc1ccccc1)c1ncccc1F. The second-order valence-corrected chi connectivity index (χ2v) is 4.57. The first-order valence-corrected chi connectivity index (χ1v) is 6.69. The van der Waals surface area contributed by atoms with Gasteiger partial charge in [-0.05, 0) is 37.1 Å². The van der Waals surface area contributed by atoms with Crippen molar-refractivity contribution in [2.24, 2.45) is 0 Å². The van der Waals surface area contributed by atoms with Gasteiger partial charge in [0.25, 0.3) is 0 Å². The smallest absolute Gasteiger partial charge is 0.146 e. The monoisotopic (exact) mass is 258 g/mol. The molecule has 0 amide bonds. The maximum absolute atomic E-state index is 13.9. The van der Waals surface area contributed by atoms with Crippen LogP contribution in [0.5, 0.6) is 0 Å². The van der Waals surface area contributed by atoms with Gasteiger partial charge in [-0.3, -0.25) is 4.98 Å². The molecule has 0 aliphatic carbocycles. The molecule has 0 saturated carbocycles. The molecule has 1 N–H and O–H groups in total. The van der Waals surface area contributed by atoms with E-state index in [1.807, 2.05) is 18.2 Å². The first-order chi connectivity index (χ1) is 9.31. The van der Waals surface area contributed by atoms with Crippen molar-refractivity contribution in [1.82, 2.24) is 10.3 Å². The van der Waals surface area contributed by atoms with Crippen LogP contribution in [-0.2, 0) is 6.42 Å². The van der Waals surface area contributed by atoms with Crippen LogP contribution in [0.25, 0.3) is 0 Å². The Morgan fingerprint density at radius 2 is 1.95 bits per heavy atom. The number of nitrogens with one attached hydrogen (secondary N) is 1. The van der Waals surface area contributed by atoms with Crippen molar-refractivity contribution in [3.05, 3.63) is 65.7 Å². The van der Waals surface area contributed by atoms with Gasteiger partial charge < -0.3 is 5.32 Å². The molecule has 1 heterocycles. The van der Waals surface area contributed by atoms with E-state index >= 15 is 0 Å². The first kappa shape index (κ1) is 13.7. The van der Waals surface area contributed by atoms with Crippen molar-refractivity contribution in [2.75, 3.05) is 6.54 Å². The molecule has 0 fully saturated rings.